The molecule has 128 valence electrons. The number of rotatable bonds is 7. The molecule has 1 atom stereocenters. The number of hydrogen-bond donors (Lipinski definition) is 2. The van der Waals surface area contributed by atoms with Crippen molar-refractivity contribution in [2.75, 3.05) is 6.61 Å². The summed E-state index contributed by atoms with van der Waals surface area (Å²) in [6.45, 7) is -1.09. The van der Waals surface area contributed by atoms with Crippen molar-refractivity contribution in [3.05, 3.63) is 65.7 Å². The molecule has 0 heterocycles. The van der Waals surface area contributed by atoms with Gasteiger partial charge >= 0.3 is 6.18 Å². The lowest BCUT2D eigenvalue weighted by atomic mass is 10.1. The van der Waals surface area contributed by atoms with Crippen LogP contribution in [-0.4, -0.2) is 18.7 Å². The fraction of sp³-hybridized carbons (Fsp3) is 0.235. The molecule has 0 aliphatic rings. The summed E-state index contributed by atoms with van der Waals surface area (Å²) in [6, 6.07) is 14.5. The standard InChI is InChI=1S/C17H17F3N2O2/c18-17(19,20)11-24-14-8-4-5-12(9-14)10-22-15(16(21)23)13-6-2-1-3-7-13/h1-9,15,22H,10-11H2,(H2,21,23)/t15-/m0/s1. The van der Waals surface area contributed by atoms with Crippen LogP contribution in [0, 0.1) is 0 Å². The first-order chi connectivity index (χ1) is 11.3. The van der Waals surface area contributed by atoms with E-state index in [9.17, 15) is 18.0 Å². The van der Waals surface area contributed by atoms with Crippen LogP contribution >= 0.6 is 0 Å². The minimum Gasteiger partial charge on any atom is -0.484 e. The molecular formula is C17H17F3N2O2. The lowest BCUT2D eigenvalue weighted by molar-refractivity contribution is -0.153. The molecule has 0 aliphatic heterocycles. The Morgan fingerprint density at radius 1 is 1.12 bits per heavy atom. The lowest BCUT2D eigenvalue weighted by Gasteiger charge is -2.16. The molecule has 4 nitrogen and oxygen atoms in total. The number of carbonyl (C=O) groups is 1. The van der Waals surface area contributed by atoms with Gasteiger partial charge in [-0.1, -0.05) is 42.5 Å². The van der Waals surface area contributed by atoms with Crippen LogP contribution in [0.3, 0.4) is 0 Å². The maximum absolute atomic E-state index is 12.2. The highest BCUT2D eigenvalue weighted by molar-refractivity contribution is 5.81. The molecule has 0 saturated carbocycles. The molecule has 2 rings (SSSR count). The van der Waals surface area contributed by atoms with E-state index >= 15 is 0 Å². The molecule has 2 aromatic rings. The first-order valence-corrected chi connectivity index (χ1v) is 7.21. The summed E-state index contributed by atoms with van der Waals surface area (Å²) in [4.78, 5) is 11.6. The van der Waals surface area contributed by atoms with Crippen LogP contribution in [0.5, 0.6) is 5.75 Å². The van der Waals surface area contributed by atoms with Crippen LogP contribution < -0.4 is 15.8 Å². The van der Waals surface area contributed by atoms with E-state index in [1.807, 2.05) is 6.07 Å². The SMILES string of the molecule is NC(=O)[C@@H](NCc1cccc(OCC(F)(F)F)c1)c1ccccc1. The number of halogens is 3. The Morgan fingerprint density at radius 2 is 1.83 bits per heavy atom. The fourth-order valence-electron chi connectivity index (χ4n) is 2.16. The maximum Gasteiger partial charge on any atom is 0.422 e. The number of carbonyl (C=O) groups excluding carboxylic acids is 1. The minimum absolute atomic E-state index is 0.113. The van der Waals surface area contributed by atoms with E-state index in [2.05, 4.69) is 5.32 Å². The van der Waals surface area contributed by atoms with E-state index < -0.39 is 24.7 Å². The summed E-state index contributed by atoms with van der Waals surface area (Å²) in [5, 5.41) is 3.00. The topological polar surface area (TPSA) is 64.4 Å². The van der Waals surface area contributed by atoms with E-state index in [-0.39, 0.29) is 12.3 Å². The van der Waals surface area contributed by atoms with Gasteiger partial charge in [0.2, 0.25) is 5.91 Å². The quantitative estimate of drug-likeness (QED) is 0.816. The largest absolute Gasteiger partial charge is 0.484 e. The fourth-order valence-corrected chi connectivity index (χ4v) is 2.16. The first kappa shape index (κ1) is 17.8. The van der Waals surface area contributed by atoms with Crippen LogP contribution in [0.2, 0.25) is 0 Å². The Kier molecular flexibility index (Phi) is 5.81. The van der Waals surface area contributed by atoms with Gasteiger partial charge in [-0.25, -0.2) is 0 Å². The zero-order valence-corrected chi connectivity index (χ0v) is 12.7. The molecule has 24 heavy (non-hydrogen) atoms. The van der Waals surface area contributed by atoms with Crippen LogP contribution in [0.4, 0.5) is 13.2 Å². The predicted octanol–water partition coefficient (Wildman–Crippen LogP) is 2.94. The zero-order chi connectivity index (χ0) is 17.6. The number of hydrogen-bond acceptors (Lipinski definition) is 3. The van der Waals surface area contributed by atoms with E-state index in [0.717, 1.165) is 5.56 Å². The summed E-state index contributed by atoms with van der Waals surface area (Å²) in [6.07, 6.45) is -4.39. The molecule has 3 N–H and O–H groups in total. The van der Waals surface area contributed by atoms with Crippen LogP contribution in [0.1, 0.15) is 17.2 Å². The third kappa shape index (κ3) is 5.58. The molecule has 0 aliphatic carbocycles. The van der Waals surface area contributed by atoms with Crippen LogP contribution in [0.25, 0.3) is 0 Å². The van der Waals surface area contributed by atoms with Gasteiger partial charge in [0, 0.05) is 6.54 Å². The molecule has 2 aromatic carbocycles. The van der Waals surface area contributed by atoms with Crippen molar-refractivity contribution in [1.82, 2.24) is 5.32 Å². The van der Waals surface area contributed by atoms with Gasteiger partial charge in [-0.15, -0.1) is 0 Å². The Hall–Kier alpha value is -2.54. The summed E-state index contributed by atoms with van der Waals surface area (Å²) < 4.78 is 41.3. The smallest absolute Gasteiger partial charge is 0.422 e. The zero-order valence-electron chi connectivity index (χ0n) is 12.7. The number of amides is 1. The van der Waals surface area contributed by atoms with Crippen molar-refractivity contribution in [2.24, 2.45) is 5.73 Å². The average molecular weight is 338 g/mol. The van der Waals surface area contributed by atoms with Crippen LogP contribution in [0.15, 0.2) is 54.6 Å². The highest BCUT2D eigenvalue weighted by Crippen LogP contribution is 2.20. The molecule has 0 radical (unpaired) electrons. The Bertz CT molecular complexity index is 675. The molecule has 0 unspecified atom stereocenters. The Balaban J connectivity index is 2.01. The second kappa shape index (κ2) is 7.83. The first-order valence-electron chi connectivity index (χ1n) is 7.21. The molecule has 1 amide bonds. The molecule has 0 aromatic heterocycles. The molecule has 0 bridgehead atoms. The van der Waals surface area contributed by atoms with Gasteiger partial charge in [0.1, 0.15) is 11.8 Å². The number of nitrogens with one attached hydrogen (secondary N) is 1. The van der Waals surface area contributed by atoms with E-state index in [4.69, 9.17) is 10.5 Å². The minimum atomic E-state index is -4.39. The van der Waals surface area contributed by atoms with E-state index in [0.29, 0.717) is 5.56 Å². The Morgan fingerprint density at radius 3 is 2.46 bits per heavy atom. The van der Waals surface area contributed by atoms with Crippen molar-refractivity contribution in [3.8, 4) is 5.75 Å². The van der Waals surface area contributed by atoms with Crippen molar-refractivity contribution in [2.45, 2.75) is 18.8 Å². The average Bonchev–Trinajstić information content (AvgIpc) is 2.54. The Labute approximate surface area is 137 Å². The monoisotopic (exact) mass is 338 g/mol. The third-order valence-electron chi connectivity index (χ3n) is 3.23. The van der Waals surface area contributed by atoms with Crippen molar-refractivity contribution >= 4 is 5.91 Å². The number of ether oxygens (including phenoxy) is 1. The molecule has 0 fully saturated rings. The van der Waals surface area contributed by atoms with Crippen molar-refractivity contribution < 1.29 is 22.7 Å². The highest BCUT2D eigenvalue weighted by atomic mass is 19.4. The number of nitrogens with two attached hydrogens (primary N) is 1. The van der Waals surface area contributed by atoms with Gasteiger partial charge in [-0.3, -0.25) is 10.1 Å². The maximum atomic E-state index is 12.2. The summed E-state index contributed by atoms with van der Waals surface area (Å²) in [7, 11) is 0. The van der Waals surface area contributed by atoms with Crippen molar-refractivity contribution in [1.29, 1.82) is 0 Å². The molecule has 0 spiro atoms. The summed E-state index contributed by atoms with van der Waals surface area (Å²) >= 11 is 0. The highest BCUT2D eigenvalue weighted by Gasteiger charge is 2.28. The second-order valence-corrected chi connectivity index (χ2v) is 5.18. The van der Waals surface area contributed by atoms with E-state index in [1.165, 1.54) is 12.1 Å². The molecular weight excluding hydrogens is 321 g/mol. The van der Waals surface area contributed by atoms with Gasteiger partial charge < -0.3 is 10.5 Å². The molecule has 7 heteroatoms. The summed E-state index contributed by atoms with van der Waals surface area (Å²) in [5.74, 6) is -0.423. The number of primary amides is 1. The van der Waals surface area contributed by atoms with E-state index in [1.54, 1.807) is 36.4 Å². The second-order valence-electron chi connectivity index (χ2n) is 5.18. The molecule has 0 saturated heterocycles. The number of benzene rings is 2. The normalized spacial score (nSPS) is 12.6. The van der Waals surface area contributed by atoms with Gasteiger partial charge in [0.15, 0.2) is 6.61 Å². The van der Waals surface area contributed by atoms with Gasteiger partial charge in [-0.2, -0.15) is 13.2 Å². The third-order valence-corrected chi connectivity index (χ3v) is 3.23. The van der Waals surface area contributed by atoms with Crippen LogP contribution in [-0.2, 0) is 11.3 Å². The lowest BCUT2D eigenvalue weighted by Crippen LogP contribution is -2.33. The van der Waals surface area contributed by atoms with Crippen molar-refractivity contribution in [3.63, 3.8) is 0 Å². The summed E-state index contributed by atoms with van der Waals surface area (Å²) in [5.41, 5.74) is 6.80. The van der Waals surface area contributed by atoms with Gasteiger partial charge in [-0.05, 0) is 23.3 Å². The number of alkyl halides is 3. The predicted molar refractivity (Wildman–Crippen MR) is 83.2 cm³/mol. The van der Waals surface area contributed by atoms with Gasteiger partial charge in [0.05, 0.1) is 0 Å². The van der Waals surface area contributed by atoms with Gasteiger partial charge in [0.25, 0.3) is 0 Å².